The number of carboxylic acid groups (broad SMARTS) is 1. The number of thiazole rings is 1. The third kappa shape index (κ3) is 4.42. The summed E-state index contributed by atoms with van der Waals surface area (Å²) in [5, 5.41) is 15.0. The topological polar surface area (TPSA) is 82.5 Å². The zero-order valence-corrected chi connectivity index (χ0v) is 13.2. The summed E-state index contributed by atoms with van der Waals surface area (Å²) in [4.78, 5) is 29.2. The molecular formula is C14H21N3O3S. The average Bonchev–Trinajstić information content (AvgIpc) is 2.83. The highest BCUT2D eigenvalue weighted by molar-refractivity contribution is 7.09. The van der Waals surface area contributed by atoms with Gasteiger partial charge in [0.25, 0.3) is 0 Å². The molecule has 0 bridgehead atoms. The first kappa shape index (κ1) is 15.8. The number of carboxylic acids is 1. The molecule has 21 heavy (non-hydrogen) atoms. The Bertz CT molecular complexity index is 517. The third-order valence-electron chi connectivity index (χ3n) is 3.62. The monoisotopic (exact) mass is 311 g/mol. The van der Waals surface area contributed by atoms with Crippen LogP contribution in [0.15, 0.2) is 5.38 Å². The number of likely N-dealkylation sites (tertiary alicyclic amines) is 1. The van der Waals surface area contributed by atoms with E-state index in [0.717, 1.165) is 10.7 Å². The SMILES string of the molecule is Cc1nc(CCNC(=O)N2CC(C)CC(C(=O)O)C2)cs1. The van der Waals surface area contributed by atoms with Crippen molar-refractivity contribution < 1.29 is 14.7 Å². The molecule has 1 aliphatic rings. The molecule has 0 saturated carbocycles. The van der Waals surface area contributed by atoms with E-state index in [1.165, 1.54) is 0 Å². The van der Waals surface area contributed by atoms with Crippen molar-refractivity contribution in [2.24, 2.45) is 11.8 Å². The van der Waals surface area contributed by atoms with Gasteiger partial charge in [-0.15, -0.1) is 11.3 Å². The fraction of sp³-hybridized carbons (Fsp3) is 0.643. The molecule has 6 nitrogen and oxygen atoms in total. The van der Waals surface area contributed by atoms with Crippen LogP contribution in [0.25, 0.3) is 0 Å². The van der Waals surface area contributed by atoms with E-state index < -0.39 is 11.9 Å². The summed E-state index contributed by atoms with van der Waals surface area (Å²) in [6.45, 7) is 5.36. The molecule has 0 aliphatic carbocycles. The second-order valence-electron chi connectivity index (χ2n) is 5.62. The lowest BCUT2D eigenvalue weighted by Gasteiger charge is -2.34. The molecule has 2 atom stereocenters. The maximum Gasteiger partial charge on any atom is 0.317 e. The van der Waals surface area contributed by atoms with Crippen LogP contribution in [0.5, 0.6) is 0 Å². The fourth-order valence-corrected chi connectivity index (χ4v) is 3.28. The highest BCUT2D eigenvalue weighted by atomic mass is 32.1. The molecule has 2 rings (SSSR count). The van der Waals surface area contributed by atoms with Crippen molar-refractivity contribution >= 4 is 23.3 Å². The predicted octanol–water partition coefficient (Wildman–Crippen LogP) is 1.75. The number of nitrogens with one attached hydrogen (secondary N) is 1. The zero-order valence-electron chi connectivity index (χ0n) is 12.3. The van der Waals surface area contributed by atoms with Gasteiger partial charge < -0.3 is 15.3 Å². The highest BCUT2D eigenvalue weighted by Gasteiger charge is 2.31. The molecule has 1 saturated heterocycles. The Hall–Kier alpha value is -1.63. The van der Waals surface area contributed by atoms with E-state index >= 15 is 0 Å². The van der Waals surface area contributed by atoms with Crippen molar-refractivity contribution in [1.29, 1.82) is 0 Å². The van der Waals surface area contributed by atoms with Gasteiger partial charge in [-0.3, -0.25) is 4.79 Å². The van der Waals surface area contributed by atoms with Crippen LogP contribution in [0.4, 0.5) is 4.79 Å². The number of carbonyl (C=O) groups excluding carboxylic acids is 1. The van der Waals surface area contributed by atoms with Crippen LogP contribution in [-0.2, 0) is 11.2 Å². The number of amides is 2. The fourth-order valence-electron chi connectivity index (χ4n) is 2.63. The lowest BCUT2D eigenvalue weighted by Crippen LogP contribution is -2.49. The van der Waals surface area contributed by atoms with E-state index in [-0.39, 0.29) is 11.9 Å². The first-order chi connectivity index (χ1) is 9.95. The lowest BCUT2D eigenvalue weighted by molar-refractivity contribution is -0.143. The molecule has 1 fully saturated rings. The van der Waals surface area contributed by atoms with Crippen LogP contribution >= 0.6 is 11.3 Å². The average molecular weight is 311 g/mol. The van der Waals surface area contributed by atoms with E-state index in [9.17, 15) is 9.59 Å². The van der Waals surface area contributed by atoms with Crippen LogP contribution in [0.3, 0.4) is 0 Å². The molecule has 2 amide bonds. The summed E-state index contributed by atoms with van der Waals surface area (Å²) in [7, 11) is 0. The van der Waals surface area contributed by atoms with Gasteiger partial charge in [0.2, 0.25) is 0 Å². The van der Waals surface area contributed by atoms with E-state index in [4.69, 9.17) is 5.11 Å². The van der Waals surface area contributed by atoms with Gasteiger partial charge in [0.05, 0.1) is 16.6 Å². The Kier molecular flexibility index (Phi) is 5.17. The van der Waals surface area contributed by atoms with Gasteiger partial charge in [0, 0.05) is 31.4 Å². The van der Waals surface area contributed by atoms with Crippen molar-refractivity contribution in [3.8, 4) is 0 Å². The second-order valence-corrected chi connectivity index (χ2v) is 6.68. The number of aliphatic carboxylic acids is 1. The van der Waals surface area contributed by atoms with Crippen LogP contribution in [-0.4, -0.2) is 46.6 Å². The van der Waals surface area contributed by atoms with Crippen molar-refractivity contribution in [2.45, 2.75) is 26.7 Å². The van der Waals surface area contributed by atoms with Gasteiger partial charge >= 0.3 is 12.0 Å². The predicted molar refractivity (Wildman–Crippen MR) is 80.4 cm³/mol. The Balaban J connectivity index is 1.80. The molecule has 1 aromatic heterocycles. The lowest BCUT2D eigenvalue weighted by atomic mass is 9.91. The number of carbonyl (C=O) groups is 2. The van der Waals surface area contributed by atoms with E-state index in [0.29, 0.717) is 32.5 Å². The number of piperidine rings is 1. The van der Waals surface area contributed by atoms with Gasteiger partial charge in [-0.2, -0.15) is 0 Å². The second kappa shape index (κ2) is 6.89. The molecule has 116 valence electrons. The Labute approximate surface area is 128 Å². The quantitative estimate of drug-likeness (QED) is 0.887. The van der Waals surface area contributed by atoms with Gasteiger partial charge in [-0.1, -0.05) is 6.92 Å². The van der Waals surface area contributed by atoms with Crippen LogP contribution in [0.2, 0.25) is 0 Å². The number of urea groups is 1. The van der Waals surface area contributed by atoms with E-state index in [1.807, 2.05) is 19.2 Å². The molecule has 1 aliphatic heterocycles. The Morgan fingerprint density at radius 2 is 2.29 bits per heavy atom. The van der Waals surface area contributed by atoms with Crippen molar-refractivity contribution in [2.75, 3.05) is 19.6 Å². The number of rotatable bonds is 4. The molecule has 0 spiro atoms. The van der Waals surface area contributed by atoms with Gasteiger partial charge in [0.15, 0.2) is 0 Å². The number of hydrogen-bond donors (Lipinski definition) is 2. The number of nitrogens with zero attached hydrogens (tertiary/aromatic N) is 2. The van der Waals surface area contributed by atoms with E-state index in [1.54, 1.807) is 16.2 Å². The summed E-state index contributed by atoms with van der Waals surface area (Å²) >= 11 is 1.60. The van der Waals surface area contributed by atoms with E-state index in [2.05, 4.69) is 10.3 Å². The molecule has 2 N–H and O–H groups in total. The number of hydrogen-bond acceptors (Lipinski definition) is 4. The third-order valence-corrected chi connectivity index (χ3v) is 4.44. The molecule has 2 heterocycles. The summed E-state index contributed by atoms with van der Waals surface area (Å²) in [5.41, 5.74) is 0.980. The molecule has 7 heteroatoms. The smallest absolute Gasteiger partial charge is 0.317 e. The normalized spacial score (nSPS) is 22.1. The van der Waals surface area contributed by atoms with Crippen LogP contribution < -0.4 is 5.32 Å². The van der Waals surface area contributed by atoms with Gasteiger partial charge in [0.1, 0.15) is 0 Å². The van der Waals surface area contributed by atoms with Crippen LogP contribution in [0, 0.1) is 18.8 Å². The zero-order chi connectivity index (χ0) is 15.4. The summed E-state index contributed by atoms with van der Waals surface area (Å²) < 4.78 is 0. The minimum absolute atomic E-state index is 0.181. The molecule has 0 radical (unpaired) electrons. The first-order valence-corrected chi connectivity index (χ1v) is 8.00. The summed E-state index contributed by atoms with van der Waals surface area (Å²) in [6.07, 6.45) is 1.33. The van der Waals surface area contributed by atoms with Crippen LogP contribution in [0.1, 0.15) is 24.0 Å². The van der Waals surface area contributed by atoms with Crippen molar-refractivity contribution in [3.63, 3.8) is 0 Å². The summed E-state index contributed by atoms with van der Waals surface area (Å²) in [6, 6.07) is -0.181. The largest absolute Gasteiger partial charge is 0.481 e. The molecule has 2 unspecified atom stereocenters. The number of aryl methyl sites for hydroxylation is 1. The summed E-state index contributed by atoms with van der Waals surface area (Å²) in [5.74, 6) is -1.07. The highest BCUT2D eigenvalue weighted by Crippen LogP contribution is 2.21. The molecule has 0 aromatic carbocycles. The molecular weight excluding hydrogens is 290 g/mol. The first-order valence-electron chi connectivity index (χ1n) is 7.12. The minimum atomic E-state index is -0.822. The minimum Gasteiger partial charge on any atom is -0.481 e. The Morgan fingerprint density at radius 1 is 1.52 bits per heavy atom. The number of aromatic nitrogens is 1. The molecule has 1 aromatic rings. The van der Waals surface area contributed by atoms with Crippen molar-refractivity contribution in [3.05, 3.63) is 16.1 Å². The Morgan fingerprint density at radius 3 is 2.90 bits per heavy atom. The van der Waals surface area contributed by atoms with Gasteiger partial charge in [-0.05, 0) is 19.3 Å². The van der Waals surface area contributed by atoms with Crippen molar-refractivity contribution in [1.82, 2.24) is 15.2 Å². The van der Waals surface area contributed by atoms with Gasteiger partial charge in [-0.25, -0.2) is 9.78 Å². The standard InChI is InChI=1S/C14H21N3O3S/c1-9-5-11(13(18)19)7-17(6-9)14(20)15-4-3-12-8-21-10(2)16-12/h8-9,11H,3-7H2,1-2H3,(H,15,20)(H,18,19). The maximum absolute atomic E-state index is 12.1. The maximum atomic E-state index is 12.1.